The van der Waals surface area contributed by atoms with Crippen LogP contribution >= 0.6 is 34.8 Å². The van der Waals surface area contributed by atoms with Gasteiger partial charge in [-0.2, -0.15) is 5.10 Å². The molecule has 0 spiro atoms. The second-order valence-electron chi connectivity index (χ2n) is 4.35. The summed E-state index contributed by atoms with van der Waals surface area (Å²) in [6.45, 7) is 0. The van der Waals surface area contributed by atoms with Crippen LogP contribution in [0.15, 0.2) is 52.7 Å². The van der Waals surface area contributed by atoms with Gasteiger partial charge in [0, 0.05) is 26.2 Å². The second-order valence-corrected chi connectivity index (χ2v) is 5.66. The molecule has 2 rings (SSSR count). The smallest absolute Gasteiger partial charge is 0.271 e. The topological polar surface area (TPSA) is 74.0 Å². The summed E-state index contributed by atoms with van der Waals surface area (Å²) >= 11 is 17.6. The first kappa shape index (κ1) is 17.3. The molecule has 0 heterocycles. The molecule has 0 radical (unpaired) electrons. The third-order valence-corrected chi connectivity index (χ3v) is 3.37. The van der Waals surface area contributed by atoms with Crippen molar-refractivity contribution < 1.29 is 10.0 Å². The Balaban J connectivity index is 2.25. The lowest BCUT2D eigenvalue weighted by Gasteiger charge is -2.04. The number of hydrogen-bond acceptors (Lipinski definition) is 4. The SMILES string of the molecule is O=C(N/N=C(\C=N\O)c1cccc(Cl)c1)c1cc(Cl)cc(Cl)c1. The Morgan fingerprint density at radius 3 is 2.26 bits per heavy atom. The zero-order chi connectivity index (χ0) is 16.8. The molecular formula is C15H10Cl3N3O2. The van der Waals surface area contributed by atoms with Gasteiger partial charge in [0.2, 0.25) is 0 Å². The number of halogens is 3. The molecule has 1 amide bonds. The Labute approximate surface area is 147 Å². The minimum absolute atomic E-state index is 0.219. The molecule has 23 heavy (non-hydrogen) atoms. The summed E-state index contributed by atoms with van der Waals surface area (Å²) in [7, 11) is 0. The quantitative estimate of drug-likeness (QED) is 0.480. The third kappa shape index (κ3) is 4.96. The third-order valence-electron chi connectivity index (χ3n) is 2.70. The van der Waals surface area contributed by atoms with E-state index >= 15 is 0 Å². The van der Waals surface area contributed by atoms with Gasteiger partial charge in [0.05, 0.1) is 6.21 Å². The Kier molecular flexibility index (Phi) is 5.98. The lowest BCUT2D eigenvalue weighted by atomic mass is 10.1. The molecule has 2 N–H and O–H groups in total. The molecule has 2 aromatic carbocycles. The number of benzene rings is 2. The fraction of sp³-hybridized carbons (Fsp3) is 0. The summed E-state index contributed by atoms with van der Waals surface area (Å²) in [6, 6.07) is 11.1. The van der Waals surface area contributed by atoms with Crippen LogP contribution in [0.1, 0.15) is 15.9 Å². The van der Waals surface area contributed by atoms with Crippen LogP contribution in [0, 0.1) is 0 Å². The van der Waals surface area contributed by atoms with E-state index in [1.54, 1.807) is 24.3 Å². The predicted octanol–water partition coefficient (Wildman–Crippen LogP) is 4.24. The lowest BCUT2D eigenvalue weighted by molar-refractivity contribution is 0.0955. The van der Waals surface area contributed by atoms with Crippen LogP contribution in [0.5, 0.6) is 0 Å². The van der Waals surface area contributed by atoms with E-state index in [1.807, 2.05) is 0 Å². The van der Waals surface area contributed by atoms with Gasteiger partial charge in [0.1, 0.15) is 5.71 Å². The minimum Gasteiger partial charge on any atom is -0.411 e. The molecule has 2 aromatic rings. The molecule has 0 unspecified atom stereocenters. The Morgan fingerprint density at radius 2 is 1.65 bits per heavy atom. The van der Waals surface area contributed by atoms with Crippen molar-refractivity contribution in [3.63, 3.8) is 0 Å². The minimum atomic E-state index is -0.514. The molecule has 5 nitrogen and oxygen atoms in total. The zero-order valence-electron chi connectivity index (χ0n) is 11.5. The van der Waals surface area contributed by atoms with Crippen molar-refractivity contribution in [3.8, 4) is 0 Å². The number of carbonyl (C=O) groups is 1. The maximum absolute atomic E-state index is 12.1. The zero-order valence-corrected chi connectivity index (χ0v) is 13.8. The van der Waals surface area contributed by atoms with Gasteiger partial charge in [-0.05, 0) is 30.3 Å². The predicted molar refractivity (Wildman–Crippen MR) is 92.2 cm³/mol. The molecule has 0 aromatic heterocycles. The number of nitrogens with one attached hydrogen (secondary N) is 1. The van der Waals surface area contributed by atoms with E-state index < -0.39 is 5.91 Å². The fourth-order valence-corrected chi connectivity index (χ4v) is 2.45. The molecule has 118 valence electrons. The number of rotatable bonds is 4. The van der Waals surface area contributed by atoms with E-state index in [1.165, 1.54) is 18.2 Å². The van der Waals surface area contributed by atoms with Crippen LogP contribution in [-0.2, 0) is 0 Å². The van der Waals surface area contributed by atoms with Crippen molar-refractivity contribution in [2.75, 3.05) is 0 Å². The highest BCUT2D eigenvalue weighted by atomic mass is 35.5. The van der Waals surface area contributed by atoms with E-state index in [9.17, 15) is 4.79 Å². The van der Waals surface area contributed by atoms with Crippen molar-refractivity contribution in [1.82, 2.24) is 5.43 Å². The van der Waals surface area contributed by atoms with Crippen molar-refractivity contribution in [2.45, 2.75) is 0 Å². The first-order valence-corrected chi connectivity index (χ1v) is 7.40. The van der Waals surface area contributed by atoms with Crippen molar-refractivity contribution in [1.29, 1.82) is 0 Å². The summed E-state index contributed by atoms with van der Waals surface area (Å²) in [5, 5.41) is 16.7. The number of oxime groups is 1. The van der Waals surface area contributed by atoms with E-state index in [4.69, 9.17) is 40.0 Å². The van der Waals surface area contributed by atoms with Gasteiger partial charge in [-0.25, -0.2) is 5.43 Å². The molecule has 8 heteroatoms. The Bertz CT molecular complexity index is 771. The first-order chi connectivity index (χ1) is 11.0. The molecule has 0 saturated carbocycles. The van der Waals surface area contributed by atoms with Crippen molar-refractivity contribution in [3.05, 3.63) is 68.7 Å². The molecule has 0 atom stereocenters. The monoisotopic (exact) mass is 369 g/mol. The summed E-state index contributed by atoms with van der Waals surface area (Å²) in [6.07, 6.45) is 1.08. The Morgan fingerprint density at radius 1 is 1.00 bits per heavy atom. The number of amides is 1. The Hall–Kier alpha value is -2.08. The van der Waals surface area contributed by atoms with Crippen LogP contribution in [0.25, 0.3) is 0 Å². The molecule has 0 aliphatic heterocycles. The maximum Gasteiger partial charge on any atom is 0.271 e. The highest BCUT2D eigenvalue weighted by Gasteiger charge is 2.08. The summed E-state index contributed by atoms with van der Waals surface area (Å²) in [4.78, 5) is 12.1. The van der Waals surface area contributed by atoms with Crippen LogP contribution in [0.2, 0.25) is 15.1 Å². The summed E-state index contributed by atoms with van der Waals surface area (Å²) in [5.74, 6) is -0.514. The number of hydrazone groups is 1. The molecule has 0 fully saturated rings. The highest BCUT2D eigenvalue weighted by molar-refractivity contribution is 6.39. The lowest BCUT2D eigenvalue weighted by Crippen LogP contribution is -2.20. The van der Waals surface area contributed by atoms with Crippen LogP contribution in [0.3, 0.4) is 0 Å². The number of hydrogen-bond donors (Lipinski definition) is 2. The normalized spacial score (nSPS) is 11.7. The molecule has 0 aliphatic rings. The second kappa shape index (κ2) is 7.97. The molecule has 0 saturated heterocycles. The van der Waals surface area contributed by atoms with Crippen LogP contribution < -0.4 is 5.43 Å². The van der Waals surface area contributed by atoms with Gasteiger partial charge in [-0.15, -0.1) is 0 Å². The number of carbonyl (C=O) groups excluding carboxylic acids is 1. The van der Waals surface area contributed by atoms with E-state index in [0.29, 0.717) is 20.6 Å². The largest absolute Gasteiger partial charge is 0.411 e. The molecule has 0 bridgehead atoms. The van der Waals surface area contributed by atoms with Gasteiger partial charge in [-0.3, -0.25) is 4.79 Å². The van der Waals surface area contributed by atoms with Gasteiger partial charge in [0.25, 0.3) is 5.91 Å². The van der Waals surface area contributed by atoms with E-state index in [2.05, 4.69) is 15.7 Å². The first-order valence-electron chi connectivity index (χ1n) is 6.27. The van der Waals surface area contributed by atoms with Crippen LogP contribution in [0.4, 0.5) is 0 Å². The van der Waals surface area contributed by atoms with Crippen molar-refractivity contribution >= 4 is 52.6 Å². The number of nitrogens with zero attached hydrogens (tertiary/aromatic N) is 2. The summed E-state index contributed by atoms with van der Waals surface area (Å²) < 4.78 is 0. The van der Waals surface area contributed by atoms with Crippen LogP contribution in [-0.4, -0.2) is 23.0 Å². The fourth-order valence-electron chi connectivity index (χ4n) is 1.73. The average Bonchev–Trinajstić information content (AvgIpc) is 2.50. The van der Waals surface area contributed by atoms with Gasteiger partial charge in [0.15, 0.2) is 0 Å². The van der Waals surface area contributed by atoms with E-state index in [-0.39, 0.29) is 11.3 Å². The van der Waals surface area contributed by atoms with Gasteiger partial charge >= 0.3 is 0 Å². The maximum atomic E-state index is 12.1. The molecule has 0 aliphatic carbocycles. The van der Waals surface area contributed by atoms with Gasteiger partial charge < -0.3 is 5.21 Å². The highest BCUT2D eigenvalue weighted by Crippen LogP contribution is 2.19. The molecular weight excluding hydrogens is 361 g/mol. The van der Waals surface area contributed by atoms with Gasteiger partial charge in [-0.1, -0.05) is 52.1 Å². The summed E-state index contributed by atoms with van der Waals surface area (Å²) in [5.41, 5.74) is 3.38. The van der Waals surface area contributed by atoms with E-state index in [0.717, 1.165) is 6.21 Å². The average molecular weight is 371 g/mol. The van der Waals surface area contributed by atoms with Crippen molar-refractivity contribution in [2.24, 2.45) is 10.3 Å². The standard InChI is InChI=1S/C15H10Cl3N3O2/c16-11-3-1-2-9(4-11)14(8-19-23)20-21-15(22)10-5-12(17)7-13(18)6-10/h1-8,23H,(H,21,22)/b19-8+,20-14+.